The number of benzene rings is 1. The van der Waals surface area contributed by atoms with Crippen LogP contribution in [-0.2, 0) is 0 Å². The van der Waals surface area contributed by atoms with E-state index in [9.17, 15) is 4.79 Å². The maximum Gasteiger partial charge on any atom is 0.255 e. The Morgan fingerprint density at radius 2 is 2.00 bits per heavy atom. The van der Waals surface area contributed by atoms with Crippen molar-refractivity contribution in [3.63, 3.8) is 0 Å². The molecule has 0 aliphatic rings. The number of nitrogens with zero attached hydrogens (tertiary/aromatic N) is 2. The van der Waals surface area contributed by atoms with E-state index < -0.39 is 0 Å². The molecule has 94 valence electrons. The Morgan fingerprint density at radius 3 is 2.79 bits per heavy atom. The van der Waals surface area contributed by atoms with Crippen LogP contribution < -0.4 is 5.32 Å². The van der Waals surface area contributed by atoms with E-state index >= 15 is 0 Å². The van der Waals surface area contributed by atoms with E-state index in [1.165, 1.54) is 6.39 Å². The van der Waals surface area contributed by atoms with Gasteiger partial charge in [0.05, 0.1) is 10.2 Å². The molecule has 0 fully saturated rings. The molecule has 0 aliphatic heterocycles. The van der Waals surface area contributed by atoms with Crippen molar-refractivity contribution in [1.82, 2.24) is 9.97 Å². The highest BCUT2D eigenvalue weighted by Gasteiger charge is 2.12. The first-order valence-electron chi connectivity index (χ1n) is 5.49. The van der Waals surface area contributed by atoms with Gasteiger partial charge in [-0.15, -0.1) is 0 Å². The molecule has 6 heteroatoms. The lowest BCUT2D eigenvalue weighted by Crippen LogP contribution is -2.12. The molecule has 2 aromatic heterocycles. The Labute approximate surface area is 116 Å². The predicted molar refractivity (Wildman–Crippen MR) is 73.9 cm³/mol. The molecule has 3 aromatic rings. The first-order valence-corrected chi connectivity index (χ1v) is 6.28. The maximum atomic E-state index is 12.0. The molecule has 0 unspecified atom stereocenters. The van der Waals surface area contributed by atoms with Crippen molar-refractivity contribution < 1.29 is 9.21 Å². The van der Waals surface area contributed by atoms with Crippen LogP contribution in [0.5, 0.6) is 0 Å². The van der Waals surface area contributed by atoms with Gasteiger partial charge in [-0.1, -0.05) is 0 Å². The number of anilines is 1. The fraction of sp³-hybridized carbons (Fsp3) is 0. The molecular formula is C13H8BrN3O2. The molecule has 3 rings (SSSR count). The second-order valence-corrected chi connectivity index (χ2v) is 4.61. The first-order chi connectivity index (χ1) is 9.25. The van der Waals surface area contributed by atoms with E-state index in [0.717, 1.165) is 5.52 Å². The Balaban J connectivity index is 1.93. The monoisotopic (exact) mass is 317 g/mol. The molecule has 1 N–H and O–H groups in total. The summed E-state index contributed by atoms with van der Waals surface area (Å²) in [6, 6.07) is 6.85. The average molecular weight is 318 g/mol. The molecule has 0 saturated carbocycles. The molecule has 5 nitrogen and oxygen atoms in total. The molecule has 1 amide bonds. The lowest BCUT2D eigenvalue weighted by molar-refractivity contribution is 0.102. The number of carbonyl (C=O) groups excluding carboxylic acids is 1. The fourth-order valence-electron chi connectivity index (χ4n) is 1.69. The lowest BCUT2D eigenvalue weighted by Gasteiger charge is -2.07. The number of halogens is 1. The standard InChI is InChI=1S/C13H8BrN3O2/c14-11-9(1-2-10-12(11)19-7-16-10)17-13(18)8-3-5-15-6-4-8/h1-7H,(H,17,18). The third-order valence-electron chi connectivity index (χ3n) is 2.63. The SMILES string of the molecule is O=C(Nc1ccc2ncoc2c1Br)c1ccncc1. The number of hydrogen-bond acceptors (Lipinski definition) is 4. The fourth-order valence-corrected chi connectivity index (χ4v) is 2.22. The van der Waals surface area contributed by atoms with Crippen LogP contribution in [0.4, 0.5) is 5.69 Å². The van der Waals surface area contributed by atoms with E-state index in [1.807, 2.05) is 0 Å². The number of rotatable bonds is 2. The van der Waals surface area contributed by atoms with Gasteiger partial charge in [-0.05, 0) is 40.2 Å². The van der Waals surface area contributed by atoms with Crippen LogP contribution in [0.3, 0.4) is 0 Å². The zero-order valence-electron chi connectivity index (χ0n) is 9.63. The van der Waals surface area contributed by atoms with Gasteiger partial charge in [-0.3, -0.25) is 9.78 Å². The van der Waals surface area contributed by atoms with Gasteiger partial charge in [0, 0.05) is 18.0 Å². The highest BCUT2D eigenvalue weighted by molar-refractivity contribution is 9.10. The Hall–Kier alpha value is -2.21. The predicted octanol–water partition coefficient (Wildman–Crippen LogP) is 3.24. The van der Waals surface area contributed by atoms with Crippen molar-refractivity contribution in [2.45, 2.75) is 0 Å². The summed E-state index contributed by atoms with van der Waals surface area (Å²) in [6.07, 6.45) is 4.51. The second-order valence-electron chi connectivity index (χ2n) is 3.82. The topological polar surface area (TPSA) is 68.0 Å². The number of hydrogen-bond donors (Lipinski definition) is 1. The average Bonchev–Trinajstić information content (AvgIpc) is 2.92. The van der Waals surface area contributed by atoms with Gasteiger partial charge >= 0.3 is 0 Å². The van der Waals surface area contributed by atoms with Crippen molar-refractivity contribution in [2.24, 2.45) is 0 Å². The number of pyridine rings is 1. The molecule has 0 aliphatic carbocycles. The molecule has 0 bridgehead atoms. The van der Waals surface area contributed by atoms with Crippen molar-refractivity contribution in [3.8, 4) is 0 Å². The van der Waals surface area contributed by atoms with Crippen molar-refractivity contribution >= 4 is 38.6 Å². The van der Waals surface area contributed by atoms with Crippen LogP contribution in [0, 0.1) is 0 Å². The minimum atomic E-state index is -0.207. The summed E-state index contributed by atoms with van der Waals surface area (Å²) < 4.78 is 5.93. The van der Waals surface area contributed by atoms with Gasteiger partial charge in [-0.2, -0.15) is 0 Å². The number of aromatic nitrogens is 2. The van der Waals surface area contributed by atoms with Crippen LogP contribution in [0.2, 0.25) is 0 Å². The summed E-state index contributed by atoms with van der Waals surface area (Å²) in [7, 11) is 0. The first kappa shape index (κ1) is 11.9. The normalized spacial score (nSPS) is 10.6. The second kappa shape index (κ2) is 4.81. The molecule has 2 heterocycles. The number of amides is 1. The van der Waals surface area contributed by atoms with Gasteiger partial charge in [0.1, 0.15) is 5.52 Å². The molecule has 0 atom stereocenters. The van der Waals surface area contributed by atoms with Crippen LogP contribution in [0.15, 0.2) is 51.9 Å². The molecule has 0 spiro atoms. The minimum Gasteiger partial charge on any atom is -0.442 e. The van der Waals surface area contributed by atoms with Crippen LogP contribution in [-0.4, -0.2) is 15.9 Å². The molecule has 19 heavy (non-hydrogen) atoms. The van der Waals surface area contributed by atoms with Gasteiger partial charge in [0.2, 0.25) is 0 Å². The van der Waals surface area contributed by atoms with Gasteiger partial charge in [-0.25, -0.2) is 4.98 Å². The van der Waals surface area contributed by atoms with Crippen LogP contribution in [0.1, 0.15) is 10.4 Å². The summed E-state index contributed by atoms with van der Waals surface area (Å²) in [6.45, 7) is 0. The van der Waals surface area contributed by atoms with Crippen molar-refractivity contribution in [1.29, 1.82) is 0 Å². The van der Waals surface area contributed by atoms with Gasteiger partial charge in [0.25, 0.3) is 5.91 Å². The van der Waals surface area contributed by atoms with E-state index in [0.29, 0.717) is 21.3 Å². The summed E-state index contributed by atoms with van der Waals surface area (Å²) in [5, 5.41) is 2.81. The summed E-state index contributed by atoms with van der Waals surface area (Å²) in [5.41, 5.74) is 2.51. The highest BCUT2D eigenvalue weighted by atomic mass is 79.9. The van der Waals surface area contributed by atoms with E-state index in [4.69, 9.17) is 4.42 Å². The number of carbonyl (C=O) groups is 1. The molecule has 0 saturated heterocycles. The van der Waals surface area contributed by atoms with Crippen LogP contribution >= 0.6 is 15.9 Å². The summed E-state index contributed by atoms with van der Waals surface area (Å²) in [5.74, 6) is -0.207. The van der Waals surface area contributed by atoms with Crippen molar-refractivity contribution in [3.05, 3.63) is 53.1 Å². The zero-order valence-corrected chi connectivity index (χ0v) is 11.2. The number of oxazole rings is 1. The largest absolute Gasteiger partial charge is 0.442 e. The highest BCUT2D eigenvalue weighted by Crippen LogP contribution is 2.31. The Morgan fingerprint density at radius 1 is 1.21 bits per heavy atom. The van der Waals surface area contributed by atoms with Gasteiger partial charge < -0.3 is 9.73 Å². The minimum absolute atomic E-state index is 0.207. The molecule has 1 aromatic carbocycles. The zero-order chi connectivity index (χ0) is 13.2. The van der Waals surface area contributed by atoms with Gasteiger partial charge in [0.15, 0.2) is 12.0 Å². The number of nitrogens with one attached hydrogen (secondary N) is 1. The Bertz CT molecular complexity index is 740. The van der Waals surface area contributed by atoms with Crippen LogP contribution in [0.25, 0.3) is 11.1 Å². The van der Waals surface area contributed by atoms with E-state index in [1.54, 1.807) is 36.7 Å². The molecular weight excluding hydrogens is 310 g/mol. The lowest BCUT2D eigenvalue weighted by atomic mass is 10.2. The molecule has 0 radical (unpaired) electrons. The third kappa shape index (κ3) is 2.22. The Kier molecular flexibility index (Phi) is 3.00. The van der Waals surface area contributed by atoms with E-state index in [2.05, 4.69) is 31.2 Å². The smallest absolute Gasteiger partial charge is 0.255 e. The van der Waals surface area contributed by atoms with E-state index in [-0.39, 0.29) is 5.91 Å². The third-order valence-corrected chi connectivity index (χ3v) is 3.42. The number of fused-ring (bicyclic) bond motifs is 1. The van der Waals surface area contributed by atoms with Crippen molar-refractivity contribution in [2.75, 3.05) is 5.32 Å². The quantitative estimate of drug-likeness (QED) is 0.787. The summed E-state index contributed by atoms with van der Waals surface area (Å²) in [4.78, 5) is 19.9. The summed E-state index contributed by atoms with van der Waals surface area (Å²) >= 11 is 3.40. The maximum absolute atomic E-state index is 12.0.